The fourth-order valence-corrected chi connectivity index (χ4v) is 2.13. The van der Waals surface area contributed by atoms with Gasteiger partial charge >= 0.3 is 0 Å². The summed E-state index contributed by atoms with van der Waals surface area (Å²) in [4.78, 5) is 24.0. The highest BCUT2D eigenvalue weighted by Gasteiger charge is 2.32. The van der Waals surface area contributed by atoms with E-state index in [9.17, 15) is 9.59 Å². The van der Waals surface area contributed by atoms with Crippen LogP contribution in [0.3, 0.4) is 0 Å². The van der Waals surface area contributed by atoms with Crippen molar-refractivity contribution in [2.75, 3.05) is 6.54 Å². The van der Waals surface area contributed by atoms with E-state index in [4.69, 9.17) is 4.42 Å². The van der Waals surface area contributed by atoms with Gasteiger partial charge in [-0.3, -0.25) is 9.59 Å². The van der Waals surface area contributed by atoms with Crippen molar-refractivity contribution in [3.63, 3.8) is 0 Å². The summed E-state index contributed by atoms with van der Waals surface area (Å²) in [5, 5.41) is 3.15. The molecule has 0 aromatic carbocycles. The maximum atomic E-state index is 12.1. The molecule has 1 heterocycles. The predicted octanol–water partition coefficient (Wildman–Crippen LogP) is 2.42. The van der Waals surface area contributed by atoms with Gasteiger partial charge in [-0.25, -0.2) is 0 Å². The van der Waals surface area contributed by atoms with Gasteiger partial charge in [0.1, 0.15) is 11.5 Å². The molecule has 0 unspecified atom stereocenters. The van der Waals surface area contributed by atoms with Crippen LogP contribution in [0.1, 0.15) is 41.3 Å². The Balaban J connectivity index is 2.49. The van der Waals surface area contributed by atoms with Gasteiger partial charge in [-0.2, -0.15) is 0 Å². The highest BCUT2D eigenvalue weighted by Crippen LogP contribution is 2.29. The van der Waals surface area contributed by atoms with Crippen molar-refractivity contribution in [3.05, 3.63) is 40.4 Å². The fourth-order valence-electron chi connectivity index (χ4n) is 2.13. The Kier molecular flexibility index (Phi) is 3.81. The minimum Gasteiger partial charge on any atom is -0.459 e. The van der Waals surface area contributed by atoms with E-state index in [2.05, 4.69) is 5.32 Å². The van der Waals surface area contributed by atoms with Crippen LogP contribution in [-0.2, 0) is 11.3 Å². The van der Waals surface area contributed by atoms with E-state index < -0.39 is 11.6 Å². The van der Waals surface area contributed by atoms with Crippen LogP contribution in [0.2, 0.25) is 0 Å². The van der Waals surface area contributed by atoms with Gasteiger partial charge in [0.2, 0.25) is 11.6 Å². The van der Waals surface area contributed by atoms with E-state index >= 15 is 0 Å². The lowest BCUT2D eigenvalue weighted by atomic mass is 9.92. The summed E-state index contributed by atoms with van der Waals surface area (Å²) in [6.07, 6.45) is 5.00. The van der Waals surface area contributed by atoms with Crippen LogP contribution >= 0.6 is 0 Å². The quantitative estimate of drug-likeness (QED) is 0.844. The molecule has 0 saturated heterocycles. The van der Waals surface area contributed by atoms with Crippen LogP contribution in [-0.4, -0.2) is 18.1 Å². The molecular weight excluding hydrogens is 242 g/mol. The average Bonchev–Trinajstić information content (AvgIpc) is 2.70. The van der Waals surface area contributed by atoms with Crippen LogP contribution in [0.15, 0.2) is 22.1 Å². The Morgan fingerprint density at radius 3 is 2.68 bits per heavy atom. The number of carbonyl (C=O) groups excluding carboxylic acids is 2. The van der Waals surface area contributed by atoms with Crippen LogP contribution in [0.25, 0.3) is 6.08 Å². The van der Waals surface area contributed by atoms with Crippen LogP contribution < -0.4 is 5.32 Å². The maximum absolute atomic E-state index is 12.1. The molecule has 0 fully saturated rings. The van der Waals surface area contributed by atoms with Gasteiger partial charge in [-0.15, -0.1) is 0 Å². The molecule has 0 saturated carbocycles. The monoisotopic (exact) mass is 259 g/mol. The molecule has 0 bridgehead atoms. The summed E-state index contributed by atoms with van der Waals surface area (Å²) in [5.41, 5.74) is 1.54. The van der Waals surface area contributed by atoms with Crippen molar-refractivity contribution in [2.45, 2.75) is 27.3 Å². The lowest BCUT2D eigenvalue weighted by molar-refractivity contribution is -0.111. The Morgan fingerprint density at radius 2 is 2.05 bits per heavy atom. The molecule has 4 nitrogen and oxygen atoms in total. The third-order valence-electron chi connectivity index (χ3n) is 3.14. The summed E-state index contributed by atoms with van der Waals surface area (Å²) in [5.74, 6) is 0.258. The highest BCUT2D eigenvalue weighted by atomic mass is 16.3. The van der Waals surface area contributed by atoms with Gasteiger partial charge in [-0.1, -0.05) is 19.1 Å². The average molecular weight is 259 g/mol. The molecule has 1 aromatic rings. The number of furan rings is 1. The lowest BCUT2D eigenvalue weighted by Gasteiger charge is -2.07. The summed E-state index contributed by atoms with van der Waals surface area (Å²) in [6.45, 7) is 6.99. The minimum absolute atomic E-state index is 0.378. The third kappa shape index (κ3) is 2.31. The van der Waals surface area contributed by atoms with Crippen molar-refractivity contribution < 1.29 is 14.0 Å². The van der Waals surface area contributed by atoms with Crippen molar-refractivity contribution in [3.8, 4) is 0 Å². The number of nitrogens with one attached hydrogen (secondary N) is 1. The Hall–Kier alpha value is -1.94. The summed E-state index contributed by atoms with van der Waals surface area (Å²) in [6, 6.07) is 0. The van der Waals surface area contributed by atoms with Crippen molar-refractivity contribution in [2.24, 2.45) is 0 Å². The Labute approximate surface area is 112 Å². The number of carbonyl (C=O) groups is 2. The summed E-state index contributed by atoms with van der Waals surface area (Å²) >= 11 is 0. The van der Waals surface area contributed by atoms with Gasteiger partial charge < -0.3 is 9.73 Å². The van der Waals surface area contributed by atoms with E-state index in [1.807, 2.05) is 13.8 Å². The first kappa shape index (κ1) is 13.5. The molecule has 100 valence electrons. The molecule has 1 aliphatic rings. The van der Waals surface area contributed by atoms with Gasteiger partial charge in [-0.05, 0) is 26.5 Å². The van der Waals surface area contributed by atoms with Crippen molar-refractivity contribution in [1.82, 2.24) is 5.32 Å². The number of ketones is 2. The van der Waals surface area contributed by atoms with E-state index in [0.717, 1.165) is 12.1 Å². The van der Waals surface area contributed by atoms with E-state index in [-0.39, 0.29) is 0 Å². The number of Topliss-reactive ketones (excluding diaryl/α,β-unsaturated/α-hetero) is 2. The van der Waals surface area contributed by atoms with Crippen LogP contribution in [0, 0.1) is 6.92 Å². The Bertz CT molecular complexity index is 591. The zero-order valence-corrected chi connectivity index (χ0v) is 11.4. The summed E-state index contributed by atoms with van der Waals surface area (Å²) in [7, 11) is 0. The third-order valence-corrected chi connectivity index (χ3v) is 3.14. The van der Waals surface area contributed by atoms with E-state index in [1.54, 1.807) is 25.2 Å². The Morgan fingerprint density at radius 1 is 1.32 bits per heavy atom. The summed E-state index contributed by atoms with van der Waals surface area (Å²) < 4.78 is 5.69. The van der Waals surface area contributed by atoms with E-state index in [1.165, 1.54) is 0 Å². The number of hydrogen-bond donors (Lipinski definition) is 1. The lowest BCUT2D eigenvalue weighted by Crippen LogP contribution is -2.20. The molecule has 0 amide bonds. The topological polar surface area (TPSA) is 59.3 Å². The zero-order valence-electron chi connectivity index (χ0n) is 11.4. The first-order valence-corrected chi connectivity index (χ1v) is 6.36. The largest absolute Gasteiger partial charge is 0.459 e. The number of allylic oxidation sites excluding steroid dienone is 3. The number of fused-ring (bicyclic) bond motifs is 1. The SMILES string of the molecule is CC=CC1=Cc2oc(CNCC)c(C)c2C(=O)C1=O. The molecular formula is C15H17NO3. The minimum atomic E-state index is -0.477. The standard InChI is InChI=1S/C15H17NO3/c1-4-6-10-7-11-13(15(18)14(10)17)9(3)12(19-11)8-16-5-2/h4,6-7,16H,5,8H2,1-3H3. The van der Waals surface area contributed by atoms with Crippen LogP contribution in [0.5, 0.6) is 0 Å². The fraction of sp³-hybridized carbons (Fsp3) is 0.333. The number of rotatable bonds is 4. The molecule has 0 aliphatic heterocycles. The number of hydrogen-bond acceptors (Lipinski definition) is 4. The second-order valence-corrected chi connectivity index (χ2v) is 4.43. The second kappa shape index (κ2) is 5.36. The first-order chi connectivity index (χ1) is 9.10. The van der Waals surface area contributed by atoms with Gasteiger partial charge in [0.25, 0.3) is 0 Å². The molecule has 1 aliphatic carbocycles. The highest BCUT2D eigenvalue weighted by molar-refractivity contribution is 6.52. The smallest absolute Gasteiger partial charge is 0.237 e. The van der Waals surface area contributed by atoms with E-state index in [0.29, 0.717) is 29.2 Å². The zero-order chi connectivity index (χ0) is 14.0. The second-order valence-electron chi connectivity index (χ2n) is 4.43. The predicted molar refractivity (Wildman–Crippen MR) is 73.0 cm³/mol. The van der Waals surface area contributed by atoms with Crippen molar-refractivity contribution in [1.29, 1.82) is 0 Å². The molecule has 19 heavy (non-hydrogen) atoms. The van der Waals surface area contributed by atoms with Crippen molar-refractivity contribution >= 4 is 17.6 Å². The molecule has 0 radical (unpaired) electrons. The normalized spacial score (nSPS) is 15.0. The van der Waals surface area contributed by atoms with Gasteiger partial charge in [0.15, 0.2) is 0 Å². The molecule has 1 aromatic heterocycles. The van der Waals surface area contributed by atoms with Gasteiger partial charge in [0.05, 0.1) is 12.1 Å². The molecule has 1 N–H and O–H groups in total. The molecule has 2 rings (SSSR count). The molecule has 0 spiro atoms. The first-order valence-electron chi connectivity index (χ1n) is 6.36. The molecule has 4 heteroatoms. The van der Waals surface area contributed by atoms with Gasteiger partial charge in [0, 0.05) is 11.1 Å². The van der Waals surface area contributed by atoms with Crippen LogP contribution in [0.4, 0.5) is 0 Å². The molecule has 0 atom stereocenters. The maximum Gasteiger partial charge on any atom is 0.237 e.